The largest absolute Gasteiger partial charge is 0.212 e. The van der Waals surface area contributed by atoms with Crippen molar-refractivity contribution in [3.63, 3.8) is 0 Å². The molecule has 1 nitrogen and oxygen atoms in total. The van der Waals surface area contributed by atoms with E-state index in [1.807, 2.05) is 0 Å². The van der Waals surface area contributed by atoms with Crippen molar-refractivity contribution in [3.8, 4) is 11.3 Å². The fourth-order valence-electron chi connectivity index (χ4n) is 3.60. The van der Waals surface area contributed by atoms with Crippen LogP contribution in [-0.2, 0) is 13.5 Å². The lowest BCUT2D eigenvalue weighted by atomic mass is 9.79. The minimum absolute atomic E-state index is 0.386. The maximum absolute atomic E-state index is 2.49. The smallest absolute Gasteiger partial charge is 0.201 e. The highest BCUT2D eigenvalue weighted by molar-refractivity contribution is 6.88. The molecule has 0 saturated carbocycles. The zero-order chi connectivity index (χ0) is 18.8. The van der Waals surface area contributed by atoms with Gasteiger partial charge in [0.2, 0.25) is 5.69 Å². The van der Waals surface area contributed by atoms with Gasteiger partial charge in [0.05, 0.1) is 8.07 Å². The van der Waals surface area contributed by atoms with Crippen molar-refractivity contribution in [2.75, 3.05) is 0 Å². The molecule has 0 saturated heterocycles. The summed E-state index contributed by atoms with van der Waals surface area (Å²) in [5.74, 6) is 0. The molecule has 0 aliphatic heterocycles. The lowest BCUT2D eigenvalue weighted by molar-refractivity contribution is -0.659. The monoisotopic (exact) mass is 354 g/mol. The topological polar surface area (TPSA) is 3.88 Å². The molecular weight excluding hydrogens is 318 g/mol. The van der Waals surface area contributed by atoms with E-state index in [4.69, 9.17) is 0 Å². The van der Waals surface area contributed by atoms with Gasteiger partial charge in [-0.3, -0.25) is 0 Å². The molecule has 0 N–H and O–H groups in total. The molecule has 0 aliphatic rings. The van der Waals surface area contributed by atoms with Crippen molar-refractivity contribution < 1.29 is 4.57 Å². The van der Waals surface area contributed by atoms with Gasteiger partial charge < -0.3 is 0 Å². The molecule has 25 heavy (non-hydrogen) atoms. The van der Waals surface area contributed by atoms with Crippen molar-refractivity contribution in [2.45, 2.75) is 66.6 Å². The second kappa shape index (κ2) is 7.45. The Hall–Kier alpha value is -1.41. The van der Waals surface area contributed by atoms with Gasteiger partial charge in [0, 0.05) is 16.8 Å². The average Bonchev–Trinajstić information content (AvgIpc) is 2.56. The van der Waals surface area contributed by atoms with Crippen molar-refractivity contribution >= 4 is 13.3 Å². The van der Waals surface area contributed by atoms with Crippen molar-refractivity contribution in [3.05, 3.63) is 47.7 Å². The van der Waals surface area contributed by atoms with Crippen LogP contribution in [0.3, 0.4) is 0 Å². The molecule has 0 aliphatic carbocycles. The molecule has 0 atom stereocenters. The highest BCUT2D eigenvalue weighted by Gasteiger charge is 2.30. The van der Waals surface area contributed by atoms with Crippen LogP contribution in [0.25, 0.3) is 11.3 Å². The van der Waals surface area contributed by atoms with Crippen LogP contribution in [0.2, 0.25) is 19.6 Å². The number of nitrogens with zero attached hydrogens (tertiary/aromatic N) is 1. The van der Waals surface area contributed by atoms with E-state index in [0.717, 1.165) is 0 Å². The summed E-state index contributed by atoms with van der Waals surface area (Å²) in [7, 11) is 0.810. The molecule has 0 amide bonds. The van der Waals surface area contributed by atoms with E-state index in [0.29, 0.717) is 5.41 Å². The summed E-state index contributed by atoms with van der Waals surface area (Å²) in [6, 6.07) is 11.2. The van der Waals surface area contributed by atoms with Crippen LogP contribution >= 0.6 is 0 Å². The summed E-state index contributed by atoms with van der Waals surface area (Å²) in [5, 5.41) is 1.61. The fraction of sp³-hybridized carbons (Fsp3) is 0.522. The van der Waals surface area contributed by atoms with Gasteiger partial charge in [-0.1, -0.05) is 71.5 Å². The third-order valence-corrected chi connectivity index (χ3v) is 7.98. The second-order valence-corrected chi connectivity index (χ2v) is 14.0. The molecule has 0 bridgehead atoms. The lowest BCUT2D eigenvalue weighted by Crippen LogP contribution is -2.48. The number of rotatable bonds is 6. The Morgan fingerprint density at radius 1 is 1.04 bits per heavy atom. The summed E-state index contributed by atoms with van der Waals surface area (Å²) < 4.78 is 2.34. The number of benzene rings is 1. The zero-order valence-corrected chi connectivity index (χ0v) is 18.5. The van der Waals surface area contributed by atoms with Crippen molar-refractivity contribution in [2.24, 2.45) is 12.5 Å². The van der Waals surface area contributed by atoms with E-state index in [-0.39, 0.29) is 0 Å². The molecular formula is C23H36NSi+. The van der Waals surface area contributed by atoms with Crippen LogP contribution in [0.1, 0.15) is 44.7 Å². The van der Waals surface area contributed by atoms with Crippen molar-refractivity contribution in [1.29, 1.82) is 0 Å². The van der Waals surface area contributed by atoms with Gasteiger partial charge >= 0.3 is 0 Å². The van der Waals surface area contributed by atoms with Gasteiger partial charge in [0.1, 0.15) is 7.05 Å². The SMILES string of the molecule is CCC(C)(CC)Cc1cc(-c2ccccc2C)[n+](C)cc1[Si](C)(C)C. The molecule has 0 spiro atoms. The third kappa shape index (κ3) is 4.41. The number of hydrogen-bond donors (Lipinski definition) is 0. The fourth-order valence-corrected chi connectivity index (χ4v) is 5.30. The lowest BCUT2D eigenvalue weighted by Gasteiger charge is -2.30. The summed E-state index contributed by atoms with van der Waals surface area (Å²) in [6.45, 7) is 16.7. The Bertz CT molecular complexity index is 736. The highest BCUT2D eigenvalue weighted by Crippen LogP contribution is 2.31. The molecule has 1 aromatic heterocycles. The minimum Gasteiger partial charge on any atom is -0.201 e. The Kier molecular flexibility index (Phi) is 5.93. The van der Waals surface area contributed by atoms with Crippen LogP contribution in [-0.4, -0.2) is 8.07 Å². The Balaban J connectivity index is 2.66. The summed E-state index contributed by atoms with van der Waals surface area (Å²) >= 11 is 0. The number of hydrogen-bond acceptors (Lipinski definition) is 0. The van der Waals surface area contributed by atoms with E-state index in [1.165, 1.54) is 36.1 Å². The predicted octanol–water partition coefficient (Wildman–Crippen LogP) is 5.40. The van der Waals surface area contributed by atoms with E-state index < -0.39 is 8.07 Å². The number of aromatic nitrogens is 1. The highest BCUT2D eigenvalue weighted by atomic mass is 28.3. The van der Waals surface area contributed by atoms with Gasteiger partial charge in [-0.25, -0.2) is 4.57 Å². The molecule has 1 aromatic carbocycles. The van der Waals surface area contributed by atoms with Gasteiger partial charge in [-0.15, -0.1) is 0 Å². The van der Waals surface area contributed by atoms with E-state index in [1.54, 1.807) is 10.8 Å². The molecule has 2 aromatic rings. The molecule has 136 valence electrons. The Morgan fingerprint density at radius 3 is 2.16 bits per heavy atom. The first kappa shape index (κ1) is 19.9. The summed E-state index contributed by atoms with van der Waals surface area (Å²) in [5.41, 5.74) is 5.99. The zero-order valence-electron chi connectivity index (χ0n) is 17.5. The Morgan fingerprint density at radius 2 is 1.64 bits per heavy atom. The first-order valence-corrected chi connectivity index (χ1v) is 13.2. The standard InChI is InChI=1S/C23H36NSi/c1-9-23(4,10-2)16-19-15-21(20-14-12-11-13-18(20)3)24(5)17-22(19)25(6,7)8/h11-15,17H,9-10,16H2,1-8H3/q+1. The summed E-state index contributed by atoms with van der Waals surface area (Å²) in [4.78, 5) is 0. The average molecular weight is 355 g/mol. The first-order chi connectivity index (χ1) is 11.6. The molecule has 1 heterocycles. The summed E-state index contributed by atoms with van der Waals surface area (Å²) in [6.07, 6.45) is 6.07. The first-order valence-electron chi connectivity index (χ1n) is 9.70. The molecule has 0 unspecified atom stereocenters. The maximum atomic E-state index is 2.49. The second-order valence-electron chi connectivity index (χ2n) is 8.97. The van der Waals surface area contributed by atoms with E-state index in [2.05, 4.69) is 95.5 Å². The molecule has 0 fully saturated rings. The van der Waals surface area contributed by atoms with Crippen LogP contribution in [0.15, 0.2) is 36.5 Å². The molecule has 2 rings (SSSR count). The van der Waals surface area contributed by atoms with Crippen LogP contribution < -0.4 is 9.75 Å². The normalized spacial score (nSPS) is 12.5. The number of pyridine rings is 1. The van der Waals surface area contributed by atoms with Crippen LogP contribution in [0.4, 0.5) is 0 Å². The van der Waals surface area contributed by atoms with Crippen molar-refractivity contribution in [1.82, 2.24) is 0 Å². The Labute approximate surface area is 156 Å². The van der Waals surface area contributed by atoms with Gasteiger partial charge in [-0.05, 0) is 36.0 Å². The maximum Gasteiger partial charge on any atom is 0.212 e. The third-order valence-electron chi connectivity index (χ3n) is 5.91. The van der Waals surface area contributed by atoms with Crippen LogP contribution in [0.5, 0.6) is 0 Å². The van der Waals surface area contributed by atoms with E-state index >= 15 is 0 Å². The minimum atomic E-state index is -1.39. The molecule has 0 radical (unpaired) electrons. The predicted molar refractivity (Wildman–Crippen MR) is 113 cm³/mol. The van der Waals surface area contributed by atoms with Gasteiger partial charge in [0.25, 0.3) is 0 Å². The van der Waals surface area contributed by atoms with Crippen LogP contribution in [0, 0.1) is 12.3 Å². The van der Waals surface area contributed by atoms with E-state index in [9.17, 15) is 0 Å². The van der Waals surface area contributed by atoms with Gasteiger partial charge in [0.15, 0.2) is 6.20 Å². The number of aryl methyl sites for hydroxylation is 2. The quantitative estimate of drug-likeness (QED) is 0.483. The molecule has 2 heteroatoms. The van der Waals surface area contributed by atoms with Gasteiger partial charge in [-0.2, -0.15) is 0 Å².